The van der Waals surface area contributed by atoms with E-state index in [-0.39, 0.29) is 11.3 Å². The topological polar surface area (TPSA) is 50.8 Å². The molecule has 4 rings (SSSR count). The second kappa shape index (κ2) is 7.84. The molecule has 1 fully saturated rings. The third kappa shape index (κ3) is 3.47. The van der Waals surface area contributed by atoms with Gasteiger partial charge in [-0.2, -0.15) is 0 Å². The predicted molar refractivity (Wildman–Crippen MR) is 109 cm³/mol. The van der Waals surface area contributed by atoms with Crippen LogP contribution in [0.5, 0.6) is 11.5 Å². The molecule has 5 nitrogen and oxygen atoms in total. The molecule has 0 saturated carbocycles. The number of fused-ring (bicyclic) bond motifs is 2. The first kappa shape index (κ1) is 18.8. The Kier molecular flexibility index (Phi) is 5.27. The number of benzene rings is 2. The Balaban J connectivity index is 1.57. The molecule has 1 spiro atoms. The third-order valence-corrected chi connectivity index (χ3v) is 6.16. The number of hydrogen-bond donors (Lipinski definition) is 1. The molecule has 28 heavy (non-hydrogen) atoms. The fourth-order valence-electron chi connectivity index (χ4n) is 4.67. The molecule has 0 aromatic heterocycles. The van der Waals surface area contributed by atoms with E-state index in [0.717, 1.165) is 38.0 Å². The molecule has 148 valence electrons. The van der Waals surface area contributed by atoms with Gasteiger partial charge in [-0.25, -0.2) is 0 Å². The molecule has 0 aliphatic carbocycles. The number of ether oxygens (including phenoxy) is 2. The van der Waals surface area contributed by atoms with Gasteiger partial charge < -0.3 is 19.7 Å². The van der Waals surface area contributed by atoms with E-state index in [0.29, 0.717) is 24.5 Å². The zero-order valence-corrected chi connectivity index (χ0v) is 16.7. The van der Waals surface area contributed by atoms with Gasteiger partial charge in [-0.15, -0.1) is 0 Å². The molecular formula is C23H28N2O3. The Morgan fingerprint density at radius 3 is 2.57 bits per heavy atom. The number of carbonyl (C=O) groups is 1. The highest BCUT2D eigenvalue weighted by atomic mass is 16.5. The summed E-state index contributed by atoms with van der Waals surface area (Å²) in [7, 11) is 3.23. The van der Waals surface area contributed by atoms with E-state index in [1.807, 2.05) is 23.1 Å². The summed E-state index contributed by atoms with van der Waals surface area (Å²) in [4.78, 5) is 15.2. The predicted octanol–water partition coefficient (Wildman–Crippen LogP) is 2.91. The van der Waals surface area contributed by atoms with Gasteiger partial charge in [0.2, 0.25) is 5.91 Å². The first-order valence-electron chi connectivity index (χ1n) is 9.93. The van der Waals surface area contributed by atoms with Gasteiger partial charge in [-0.1, -0.05) is 30.3 Å². The van der Waals surface area contributed by atoms with Crippen LogP contribution in [0.1, 0.15) is 29.5 Å². The van der Waals surface area contributed by atoms with E-state index in [2.05, 4.69) is 29.6 Å². The number of nitrogens with one attached hydrogen (secondary N) is 1. The maximum absolute atomic E-state index is 13.2. The maximum Gasteiger partial charge on any atom is 0.227 e. The summed E-state index contributed by atoms with van der Waals surface area (Å²) in [5.74, 6) is 1.51. The van der Waals surface area contributed by atoms with Crippen molar-refractivity contribution in [2.24, 2.45) is 0 Å². The van der Waals surface area contributed by atoms with Crippen LogP contribution >= 0.6 is 0 Å². The van der Waals surface area contributed by atoms with Gasteiger partial charge in [-0.3, -0.25) is 4.79 Å². The van der Waals surface area contributed by atoms with Crippen molar-refractivity contribution in [3.05, 3.63) is 59.2 Å². The summed E-state index contributed by atoms with van der Waals surface area (Å²) in [6.07, 6.45) is 2.52. The van der Waals surface area contributed by atoms with Gasteiger partial charge in [0, 0.05) is 18.5 Å². The normalized spacial score (nSPS) is 17.9. The van der Waals surface area contributed by atoms with Crippen LogP contribution in [0.2, 0.25) is 0 Å². The van der Waals surface area contributed by atoms with Crippen molar-refractivity contribution in [1.82, 2.24) is 10.2 Å². The van der Waals surface area contributed by atoms with Crippen molar-refractivity contribution in [1.29, 1.82) is 0 Å². The number of carbonyl (C=O) groups excluding carboxylic acids is 1. The van der Waals surface area contributed by atoms with E-state index in [1.54, 1.807) is 14.2 Å². The minimum absolute atomic E-state index is 0.0767. The van der Waals surface area contributed by atoms with Crippen LogP contribution in [0.25, 0.3) is 0 Å². The molecular weight excluding hydrogens is 352 g/mol. The zero-order valence-electron chi connectivity index (χ0n) is 16.7. The van der Waals surface area contributed by atoms with Crippen LogP contribution in [-0.4, -0.2) is 44.7 Å². The first-order chi connectivity index (χ1) is 13.6. The van der Waals surface area contributed by atoms with E-state index < -0.39 is 0 Å². The van der Waals surface area contributed by atoms with E-state index in [4.69, 9.17) is 9.47 Å². The average molecular weight is 380 g/mol. The molecule has 0 bridgehead atoms. The van der Waals surface area contributed by atoms with Crippen molar-refractivity contribution in [2.75, 3.05) is 33.9 Å². The summed E-state index contributed by atoms with van der Waals surface area (Å²) in [5.41, 5.74) is 3.75. The van der Waals surface area contributed by atoms with Crippen molar-refractivity contribution in [3.8, 4) is 11.5 Å². The number of nitrogens with zero attached hydrogens (tertiary/aromatic N) is 1. The molecule has 1 amide bonds. The zero-order chi connectivity index (χ0) is 19.6. The van der Waals surface area contributed by atoms with Crippen LogP contribution in [0.3, 0.4) is 0 Å². The van der Waals surface area contributed by atoms with Crippen LogP contribution in [0.4, 0.5) is 0 Å². The molecule has 2 heterocycles. The average Bonchev–Trinajstić information content (AvgIpc) is 2.74. The Hall–Kier alpha value is -2.53. The Bertz CT molecular complexity index is 859. The van der Waals surface area contributed by atoms with Crippen molar-refractivity contribution in [3.63, 3.8) is 0 Å². The van der Waals surface area contributed by atoms with Gasteiger partial charge in [-0.05, 0) is 54.8 Å². The second-order valence-corrected chi connectivity index (χ2v) is 7.80. The molecule has 2 aromatic rings. The lowest BCUT2D eigenvalue weighted by atomic mass is 9.69. The Morgan fingerprint density at radius 2 is 1.82 bits per heavy atom. The standard InChI is InChI=1S/C23H28N2O3/c1-27-20-8-7-17(13-21(20)28-2)14-22(26)25-15-18-5-3-4-6-19(18)23(16-25)9-11-24-12-10-23/h3-8,13,24H,9-12,14-16H2,1-2H3. The molecule has 5 heteroatoms. The Morgan fingerprint density at radius 1 is 1.07 bits per heavy atom. The summed E-state index contributed by atoms with van der Waals surface area (Å²) < 4.78 is 10.7. The molecule has 2 aliphatic rings. The quantitative estimate of drug-likeness (QED) is 0.886. The molecule has 0 atom stereocenters. The molecule has 0 unspecified atom stereocenters. The highest BCUT2D eigenvalue weighted by Gasteiger charge is 2.41. The van der Waals surface area contributed by atoms with Gasteiger partial charge in [0.05, 0.1) is 20.6 Å². The number of rotatable bonds is 4. The number of hydrogen-bond acceptors (Lipinski definition) is 4. The van der Waals surface area contributed by atoms with Gasteiger partial charge in [0.15, 0.2) is 11.5 Å². The lowest BCUT2D eigenvalue weighted by Gasteiger charge is -2.46. The SMILES string of the molecule is COc1ccc(CC(=O)N2Cc3ccccc3C3(CCNCC3)C2)cc1OC. The maximum atomic E-state index is 13.2. The summed E-state index contributed by atoms with van der Waals surface area (Å²) in [6, 6.07) is 14.3. The minimum Gasteiger partial charge on any atom is -0.493 e. The van der Waals surface area contributed by atoms with Gasteiger partial charge >= 0.3 is 0 Å². The van der Waals surface area contributed by atoms with Crippen LogP contribution in [-0.2, 0) is 23.2 Å². The van der Waals surface area contributed by atoms with Gasteiger partial charge in [0.25, 0.3) is 0 Å². The minimum atomic E-state index is 0.0767. The largest absolute Gasteiger partial charge is 0.493 e. The van der Waals surface area contributed by atoms with E-state index in [9.17, 15) is 4.79 Å². The van der Waals surface area contributed by atoms with Gasteiger partial charge in [0.1, 0.15) is 0 Å². The summed E-state index contributed by atoms with van der Waals surface area (Å²) >= 11 is 0. The molecule has 2 aliphatic heterocycles. The fraction of sp³-hybridized carbons (Fsp3) is 0.435. The summed E-state index contributed by atoms with van der Waals surface area (Å²) in [5, 5.41) is 3.47. The van der Waals surface area contributed by atoms with Crippen LogP contribution < -0.4 is 14.8 Å². The smallest absolute Gasteiger partial charge is 0.227 e. The number of amides is 1. The lowest BCUT2D eigenvalue weighted by Crippen LogP contribution is -2.52. The lowest BCUT2D eigenvalue weighted by molar-refractivity contribution is -0.132. The summed E-state index contributed by atoms with van der Waals surface area (Å²) in [6.45, 7) is 3.51. The fourth-order valence-corrected chi connectivity index (χ4v) is 4.67. The second-order valence-electron chi connectivity index (χ2n) is 7.80. The highest BCUT2D eigenvalue weighted by Crippen LogP contribution is 2.40. The van der Waals surface area contributed by atoms with Crippen LogP contribution in [0.15, 0.2) is 42.5 Å². The number of methoxy groups -OCH3 is 2. The highest BCUT2D eigenvalue weighted by molar-refractivity contribution is 5.79. The molecule has 2 aromatic carbocycles. The first-order valence-corrected chi connectivity index (χ1v) is 9.93. The van der Waals surface area contributed by atoms with Crippen molar-refractivity contribution in [2.45, 2.75) is 31.2 Å². The third-order valence-electron chi connectivity index (χ3n) is 6.16. The molecule has 1 saturated heterocycles. The van der Waals surface area contributed by atoms with E-state index >= 15 is 0 Å². The molecule has 1 N–H and O–H groups in total. The van der Waals surface area contributed by atoms with Crippen molar-refractivity contribution >= 4 is 5.91 Å². The molecule has 0 radical (unpaired) electrons. The van der Waals surface area contributed by atoms with Crippen molar-refractivity contribution < 1.29 is 14.3 Å². The van der Waals surface area contributed by atoms with Crippen LogP contribution in [0, 0.1) is 0 Å². The van der Waals surface area contributed by atoms with E-state index in [1.165, 1.54) is 11.1 Å². The number of piperidine rings is 1. The Labute approximate surface area is 166 Å². The monoisotopic (exact) mass is 380 g/mol.